The smallest absolute Gasteiger partial charge is 0.208 e. The largest absolute Gasteiger partial charge is 0.504 e. The van der Waals surface area contributed by atoms with E-state index in [0.29, 0.717) is 11.1 Å². The predicted molar refractivity (Wildman–Crippen MR) is 116 cm³/mol. The first-order valence-electron chi connectivity index (χ1n) is 9.28. The number of phenols is 4. The summed E-state index contributed by atoms with van der Waals surface area (Å²) in [7, 11) is -4.32. The maximum absolute atomic E-state index is 13.8. The molecule has 0 heterocycles. The average molecular weight is 434 g/mol. The van der Waals surface area contributed by atoms with Crippen LogP contribution in [0.2, 0.25) is 0 Å². The molecule has 0 aliphatic heterocycles. The molecule has 0 aromatic heterocycles. The highest BCUT2D eigenvalue weighted by Crippen LogP contribution is 2.47. The topological polar surface area (TPSA) is 115 Å². The van der Waals surface area contributed by atoms with Crippen molar-refractivity contribution in [3.8, 4) is 45.3 Å². The maximum atomic E-state index is 13.8. The maximum Gasteiger partial charge on any atom is 0.208 e. The molecule has 0 fully saturated rings. The van der Waals surface area contributed by atoms with Gasteiger partial charge in [0.2, 0.25) is 9.84 Å². The van der Waals surface area contributed by atoms with E-state index in [9.17, 15) is 28.8 Å². The van der Waals surface area contributed by atoms with Gasteiger partial charge >= 0.3 is 0 Å². The molecule has 31 heavy (non-hydrogen) atoms. The van der Waals surface area contributed by atoms with E-state index in [1.807, 2.05) is 0 Å². The molecule has 0 amide bonds. The van der Waals surface area contributed by atoms with Crippen molar-refractivity contribution in [1.82, 2.24) is 0 Å². The number of phenolic OH excluding ortho intramolecular Hbond substituents is 4. The van der Waals surface area contributed by atoms with Crippen LogP contribution in [0, 0.1) is 0 Å². The van der Waals surface area contributed by atoms with Gasteiger partial charge in [0.1, 0.15) is 0 Å². The van der Waals surface area contributed by atoms with E-state index in [-0.39, 0.29) is 20.9 Å². The standard InChI is InChI=1S/C24H18O6S/c25-17-11-13-19(21(23(17)27)15-7-3-1-4-8-15)31(29,30)20-14-12-18(26)24(28)22(20)16-9-5-2-6-10-16/h1-14,25-28H. The van der Waals surface area contributed by atoms with Crippen LogP contribution in [0.4, 0.5) is 0 Å². The zero-order valence-corrected chi connectivity index (χ0v) is 16.9. The molecule has 0 aliphatic carbocycles. The lowest BCUT2D eigenvalue weighted by molar-refractivity contribution is 0.403. The Balaban J connectivity index is 2.05. The summed E-state index contributed by atoms with van der Waals surface area (Å²) in [6, 6.07) is 21.2. The molecule has 0 saturated carbocycles. The third-order valence-corrected chi connectivity index (χ3v) is 6.78. The van der Waals surface area contributed by atoms with E-state index in [0.717, 1.165) is 12.1 Å². The second kappa shape index (κ2) is 7.70. The minimum Gasteiger partial charge on any atom is -0.504 e. The minimum atomic E-state index is -4.32. The van der Waals surface area contributed by atoms with Gasteiger partial charge in [-0.25, -0.2) is 8.42 Å². The SMILES string of the molecule is O=S(=O)(c1ccc(O)c(O)c1-c1ccccc1)c1ccc(O)c(O)c1-c1ccccc1. The Morgan fingerprint density at radius 3 is 1.19 bits per heavy atom. The third kappa shape index (κ3) is 3.45. The Hall–Kier alpha value is -3.97. The molecule has 4 aromatic carbocycles. The van der Waals surface area contributed by atoms with Crippen molar-refractivity contribution in [2.75, 3.05) is 0 Å². The van der Waals surface area contributed by atoms with Crippen LogP contribution in [0.1, 0.15) is 0 Å². The number of rotatable bonds is 4. The molecule has 0 unspecified atom stereocenters. The van der Waals surface area contributed by atoms with Crippen LogP contribution in [0.25, 0.3) is 22.3 Å². The van der Waals surface area contributed by atoms with E-state index in [4.69, 9.17) is 0 Å². The summed E-state index contributed by atoms with van der Waals surface area (Å²) >= 11 is 0. The normalized spacial score (nSPS) is 11.4. The van der Waals surface area contributed by atoms with E-state index in [1.54, 1.807) is 60.7 Å². The first-order chi connectivity index (χ1) is 14.8. The lowest BCUT2D eigenvalue weighted by Crippen LogP contribution is -2.06. The highest BCUT2D eigenvalue weighted by atomic mass is 32.2. The van der Waals surface area contributed by atoms with Gasteiger partial charge in [-0.3, -0.25) is 0 Å². The zero-order valence-electron chi connectivity index (χ0n) is 16.1. The molecule has 4 N–H and O–H groups in total. The van der Waals surface area contributed by atoms with Crippen LogP contribution in [-0.2, 0) is 9.84 Å². The van der Waals surface area contributed by atoms with Gasteiger partial charge in [-0.1, -0.05) is 60.7 Å². The third-order valence-electron chi connectivity index (χ3n) is 4.94. The molecule has 0 radical (unpaired) electrons. The summed E-state index contributed by atoms with van der Waals surface area (Å²) < 4.78 is 27.5. The summed E-state index contributed by atoms with van der Waals surface area (Å²) in [5, 5.41) is 41.1. The van der Waals surface area contributed by atoms with Gasteiger partial charge in [0, 0.05) is 11.1 Å². The number of sulfone groups is 1. The average Bonchev–Trinajstić information content (AvgIpc) is 2.78. The van der Waals surface area contributed by atoms with Gasteiger partial charge in [-0.15, -0.1) is 0 Å². The number of benzene rings is 4. The summed E-state index contributed by atoms with van der Waals surface area (Å²) in [4.78, 5) is -0.507. The molecule has 0 saturated heterocycles. The van der Waals surface area contributed by atoms with Crippen LogP contribution < -0.4 is 0 Å². The zero-order chi connectivity index (χ0) is 22.2. The number of hydrogen-bond acceptors (Lipinski definition) is 6. The first kappa shape index (κ1) is 20.3. The number of aromatic hydroxyl groups is 4. The molecular formula is C24H18O6S. The fourth-order valence-electron chi connectivity index (χ4n) is 3.46. The van der Waals surface area contributed by atoms with E-state index >= 15 is 0 Å². The van der Waals surface area contributed by atoms with E-state index in [2.05, 4.69) is 0 Å². The van der Waals surface area contributed by atoms with Crippen molar-refractivity contribution in [3.63, 3.8) is 0 Å². The lowest BCUT2D eigenvalue weighted by atomic mass is 10.0. The Bertz CT molecular complexity index is 1260. The summed E-state index contributed by atoms with van der Waals surface area (Å²) in [6.07, 6.45) is 0. The van der Waals surface area contributed by atoms with Crippen molar-refractivity contribution in [2.24, 2.45) is 0 Å². The van der Waals surface area contributed by atoms with Gasteiger partial charge < -0.3 is 20.4 Å². The van der Waals surface area contributed by atoms with Gasteiger partial charge in [0.05, 0.1) is 9.79 Å². The molecular weight excluding hydrogens is 416 g/mol. The van der Waals surface area contributed by atoms with Crippen LogP contribution in [0.5, 0.6) is 23.0 Å². The minimum absolute atomic E-state index is 0.0628. The van der Waals surface area contributed by atoms with Crippen molar-refractivity contribution in [1.29, 1.82) is 0 Å². The quantitative estimate of drug-likeness (QED) is 0.347. The predicted octanol–water partition coefficient (Wildman–Crippen LogP) is 4.68. The van der Waals surface area contributed by atoms with Crippen molar-refractivity contribution in [3.05, 3.63) is 84.9 Å². The fourth-order valence-corrected chi connectivity index (χ4v) is 5.16. The Kier molecular flexibility index (Phi) is 5.04. The fraction of sp³-hybridized carbons (Fsp3) is 0. The van der Waals surface area contributed by atoms with Gasteiger partial charge in [-0.05, 0) is 35.4 Å². The molecule has 0 spiro atoms. The Morgan fingerprint density at radius 1 is 0.484 bits per heavy atom. The summed E-state index contributed by atoms with van der Waals surface area (Å²) in [5.74, 6) is -2.07. The van der Waals surface area contributed by atoms with E-state index < -0.39 is 32.8 Å². The second-order valence-electron chi connectivity index (χ2n) is 6.85. The van der Waals surface area contributed by atoms with Crippen LogP contribution in [0.3, 0.4) is 0 Å². The monoisotopic (exact) mass is 434 g/mol. The Morgan fingerprint density at radius 2 is 0.839 bits per heavy atom. The molecule has 7 heteroatoms. The van der Waals surface area contributed by atoms with Crippen LogP contribution >= 0.6 is 0 Å². The molecule has 156 valence electrons. The van der Waals surface area contributed by atoms with E-state index in [1.165, 1.54) is 12.1 Å². The molecule has 4 rings (SSSR count). The van der Waals surface area contributed by atoms with Crippen molar-refractivity contribution < 1.29 is 28.8 Å². The van der Waals surface area contributed by atoms with Crippen LogP contribution in [0.15, 0.2) is 94.7 Å². The van der Waals surface area contributed by atoms with Gasteiger partial charge in [0.15, 0.2) is 23.0 Å². The molecule has 0 aliphatic rings. The Labute approximate surface area is 178 Å². The molecule has 4 aromatic rings. The first-order valence-corrected chi connectivity index (χ1v) is 10.8. The number of hydrogen-bond donors (Lipinski definition) is 4. The summed E-state index contributed by atoms with van der Waals surface area (Å²) in [6.45, 7) is 0. The highest BCUT2D eigenvalue weighted by Gasteiger charge is 2.30. The second-order valence-corrected chi connectivity index (χ2v) is 8.73. The molecule has 0 bridgehead atoms. The highest BCUT2D eigenvalue weighted by molar-refractivity contribution is 7.91. The molecule has 6 nitrogen and oxygen atoms in total. The van der Waals surface area contributed by atoms with Crippen LogP contribution in [-0.4, -0.2) is 28.8 Å². The van der Waals surface area contributed by atoms with Gasteiger partial charge in [0.25, 0.3) is 0 Å². The molecule has 0 atom stereocenters. The van der Waals surface area contributed by atoms with Crippen molar-refractivity contribution in [2.45, 2.75) is 9.79 Å². The van der Waals surface area contributed by atoms with Gasteiger partial charge in [-0.2, -0.15) is 0 Å². The van der Waals surface area contributed by atoms with Crippen molar-refractivity contribution >= 4 is 9.84 Å². The summed E-state index contributed by atoms with van der Waals surface area (Å²) in [5.41, 5.74) is 0.650. The lowest BCUT2D eigenvalue weighted by Gasteiger charge is -2.17.